The quantitative estimate of drug-likeness (QED) is 0.655. The molecule has 1 aromatic rings. The van der Waals surface area contributed by atoms with Crippen molar-refractivity contribution in [3.05, 3.63) is 28.8 Å². The van der Waals surface area contributed by atoms with E-state index in [0.717, 1.165) is 22.4 Å². The number of amides is 1. The van der Waals surface area contributed by atoms with Gasteiger partial charge in [0.1, 0.15) is 5.75 Å². The van der Waals surface area contributed by atoms with Crippen LogP contribution in [0.5, 0.6) is 5.75 Å². The number of aryl methyl sites for hydroxylation is 2. The van der Waals surface area contributed by atoms with Crippen LogP contribution in [-0.4, -0.2) is 19.6 Å². The molecule has 0 aromatic heterocycles. The van der Waals surface area contributed by atoms with Crippen LogP contribution in [0.3, 0.4) is 0 Å². The lowest BCUT2D eigenvalue weighted by Crippen LogP contribution is -2.20. The Labute approximate surface area is 109 Å². The lowest BCUT2D eigenvalue weighted by atomic mass is 10.0. The Kier molecular flexibility index (Phi) is 5.26. The second kappa shape index (κ2) is 6.70. The number of hydrogen-bond donors (Lipinski definition) is 1. The van der Waals surface area contributed by atoms with Gasteiger partial charge in [0.2, 0.25) is 5.91 Å². The lowest BCUT2D eigenvalue weighted by molar-refractivity contribution is -0.118. The average Bonchev–Trinajstić information content (AvgIpc) is 2.32. The van der Waals surface area contributed by atoms with Gasteiger partial charge in [0.05, 0.1) is 7.11 Å². The molecule has 0 aliphatic heterocycles. The molecule has 0 atom stereocenters. The Morgan fingerprint density at radius 3 is 2.67 bits per heavy atom. The smallest absolute Gasteiger partial charge is 0.216 e. The van der Waals surface area contributed by atoms with E-state index >= 15 is 0 Å². The largest absolute Gasteiger partial charge is 0.496 e. The van der Waals surface area contributed by atoms with E-state index in [2.05, 4.69) is 17.2 Å². The number of ether oxygens (including phenoxy) is 1. The number of nitrogens with one attached hydrogen (secondary N) is 1. The average molecular weight is 245 g/mol. The maximum absolute atomic E-state index is 10.7. The third kappa shape index (κ3) is 4.14. The van der Waals surface area contributed by atoms with Crippen molar-refractivity contribution in [1.82, 2.24) is 5.32 Å². The molecule has 0 radical (unpaired) electrons. The van der Waals surface area contributed by atoms with Crippen molar-refractivity contribution in [2.24, 2.45) is 0 Å². The molecule has 0 saturated heterocycles. The first-order chi connectivity index (χ1) is 8.54. The molecule has 0 aliphatic rings. The first kappa shape index (κ1) is 14.1. The summed E-state index contributed by atoms with van der Waals surface area (Å²) in [4.78, 5) is 10.7. The summed E-state index contributed by atoms with van der Waals surface area (Å²) in [5, 5.41) is 2.71. The molecular weight excluding hydrogens is 226 g/mol. The van der Waals surface area contributed by atoms with E-state index in [1.54, 1.807) is 7.11 Å². The molecule has 1 aromatic carbocycles. The molecule has 1 amide bonds. The van der Waals surface area contributed by atoms with E-state index < -0.39 is 0 Å². The minimum absolute atomic E-state index is 0.0201. The van der Waals surface area contributed by atoms with Crippen molar-refractivity contribution in [2.75, 3.05) is 13.7 Å². The molecule has 96 valence electrons. The summed E-state index contributed by atoms with van der Waals surface area (Å²) in [5.41, 5.74) is 3.19. The number of carbonyl (C=O) groups excluding carboxylic acids is 1. The number of carbonyl (C=O) groups is 1. The Hall–Kier alpha value is -1.95. The van der Waals surface area contributed by atoms with E-state index in [1.165, 1.54) is 6.92 Å². The number of hydrogen-bond acceptors (Lipinski definition) is 2. The molecular formula is C15H19NO2. The van der Waals surface area contributed by atoms with Gasteiger partial charge in [0.25, 0.3) is 0 Å². The van der Waals surface area contributed by atoms with Gasteiger partial charge >= 0.3 is 0 Å². The van der Waals surface area contributed by atoms with Crippen molar-refractivity contribution < 1.29 is 9.53 Å². The van der Waals surface area contributed by atoms with E-state index in [1.807, 2.05) is 26.0 Å². The van der Waals surface area contributed by atoms with Gasteiger partial charge in [0.15, 0.2) is 0 Å². The van der Waals surface area contributed by atoms with Crippen LogP contribution in [0.2, 0.25) is 0 Å². The highest BCUT2D eigenvalue weighted by molar-refractivity contribution is 5.72. The predicted octanol–water partition coefficient (Wildman–Crippen LogP) is 2.19. The Balaban J connectivity index is 2.70. The molecule has 0 spiro atoms. The van der Waals surface area contributed by atoms with Crippen LogP contribution in [-0.2, 0) is 4.79 Å². The summed E-state index contributed by atoms with van der Waals surface area (Å²) in [6.45, 7) is 6.11. The van der Waals surface area contributed by atoms with Gasteiger partial charge in [0, 0.05) is 25.5 Å². The van der Waals surface area contributed by atoms with Crippen LogP contribution in [0.4, 0.5) is 0 Å². The summed E-state index contributed by atoms with van der Waals surface area (Å²) in [5.74, 6) is 7.04. The molecule has 1 N–H and O–H groups in total. The van der Waals surface area contributed by atoms with Crippen molar-refractivity contribution in [2.45, 2.75) is 27.2 Å². The minimum Gasteiger partial charge on any atom is -0.496 e. The number of methoxy groups -OCH3 is 1. The summed E-state index contributed by atoms with van der Waals surface area (Å²) in [6, 6.07) is 4.02. The molecule has 0 unspecified atom stereocenters. The molecule has 0 bridgehead atoms. The Morgan fingerprint density at radius 1 is 1.33 bits per heavy atom. The highest BCUT2D eigenvalue weighted by Crippen LogP contribution is 2.21. The standard InChI is InChI=1S/C15H19NO2/c1-11-10-15(18-4)12(2)9-14(11)7-5-6-8-16-13(3)17/h9-10H,6,8H2,1-4H3,(H,16,17). The third-order valence-corrected chi connectivity index (χ3v) is 2.59. The van der Waals surface area contributed by atoms with Gasteiger partial charge in [-0.2, -0.15) is 0 Å². The van der Waals surface area contributed by atoms with Crippen molar-refractivity contribution in [1.29, 1.82) is 0 Å². The zero-order chi connectivity index (χ0) is 13.5. The third-order valence-electron chi connectivity index (χ3n) is 2.59. The van der Waals surface area contributed by atoms with Gasteiger partial charge in [-0.05, 0) is 37.1 Å². The fourth-order valence-corrected chi connectivity index (χ4v) is 1.60. The summed E-state index contributed by atoms with van der Waals surface area (Å²) in [7, 11) is 1.67. The topological polar surface area (TPSA) is 38.3 Å². The van der Waals surface area contributed by atoms with Gasteiger partial charge in [-0.1, -0.05) is 11.8 Å². The molecule has 3 nitrogen and oxygen atoms in total. The monoisotopic (exact) mass is 245 g/mol. The summed E-state index contributed by atoms with van der Waals surface area (Å²) < 4.78 is 5.25. The fourth-order valence-electron chi connectivity index (χ4n) is 1.60. The van der Waals surface area contributed by atoms with Crippen LogP contribution in [0.1, 0.15) is 30.0 Å². The molecule has 0 fully saturated rings. The highest BCUT2D eigenvalue weighted by Gasteiger charge is 2.02. The van der Waals surface area contributed by atoms with E-state index in [-0.39, 0.29) is 5.91 Å². The highest BCUT2D eigenvalue weighted by atomic mass is 16.5. The first-order valence-corrected chi connectivity index (χ1v) is 5.93. The normalized spacial score (nSPS) is 9.33. The van der Waals surface area contributed by atoms with E-state index in [0.29, 0.717) is 13.0 Å². The van der Waals surface area contributed by atoms with Gasteiger partial charge in [-0.25, -0.2) is 0 Å². The van der Waals surface area contributed by atoms with Crippen LogP contribution < -0.4 is 10.1 Å². The zero-order valence-electron chi connectivity index (χ0n) is 11.4. The Morgan fingerprint density at radius 2 is 2.06 bits per heavy atom. The van der Waals surface area contributed by atoms with Gasteiger partial charge in [-0.15, -0.1) is 0 Å². The summed E-state index contributed by atoms with van der Waals surface area (Å²) in [6.07, 6.45) is 0.657. The SMILES string of the molecule is COc1cc(C)c(C#CCCNC(C)=O)cc1C. The predicted molar refractivity (Wildman–Crippen MR) is 72.6 cm³/mol. The van der Waals surface area contributed by atoms with Crippen LogP contribution >= 0.6 is 0 Å². The van der Waals surface area contributed by atoms with E-state index in [4.69, 9.17) is 4.74 Å². The van der Waals surface area contributed by atoms with Crippen LogP contribution in [0.25, 0.3) is 0 Å². The van der Waals surface area contributed by atoms with Crippen LogP contribution in [0.15, 0.2) is 12.1 Å². The second-order valence-corrected chi connectivity index (χ2v) is 4.17. The van der Waals surface area contributed by atoms with Crippen molar-refractivity contribution in [3.8, 4) is 17.6 Å². The minimum atomic E-state index is -0.0201. The molecule has 0 aliphatic carbocycles. The molecule has 1 rings (SSSR count). The molecule has 0 heterocycles. The first-order valence-electron chi connectivity index (χ1n) is 5.93. The molecule has 3 heteroatoms. The van der Waals surface area contributed by atoms with Crippen molar-refractivity contribution in [3.63, 3.8) is 0 Å². The maximum atomic E-state index is 10.7. The zero-order valence-corrected chi connectivity index (χ0v) is 11.4. The lowest BCUT2D eigenvalue weighted by Gasteiger charge is -2.07. The molecule has 0 saturated carbocycles. The fraction of sp³-hybridized carbons (Fsp3) is 0.400. The number of benzene rings is 1. The number of rotatable bonds is 3. The molecule has 18 heavy (non-hydrogen) atoms. The van der Waals surface area contributed by atoms with Crippen molar-refractivity contribution >= 4 is 5.91 Å². The summed E-state index contributed by atoms with van der Waals surface area (Å²) >= 11 is 0. The van der Waals surface area contributed by atoms with Gasteiger partial charge < -0.3 is 10.1 Å². The van der Waals surface area contributed by atoms with Gasteiger partial charge in [-0.3, -0.25) is 4.79 Å². The Bertz CT molecular complexity index is 495. The van der Waals surface area contributed by atoms with E-state index in [9.17, 15) is 4.79 Å². The maximum Gasteiger partial charge on any atom is 0.216 e. The second-order valence-electron chi connectivity index (χ2n) is 4.17. The van der Waals surface area contributed by atoms with Crippen LogP contribution in [0, 0.1) is 25.7 Å².